The minimum Gasteiger partial charge on any atom is -0.478 e. The van der Waals surface area contributed by atoms with E-state index in [4.69, 9.17) is 28.3 Å². The Labute approximate surface area is 99.3 Å². The van der Waals surface area contributed by atoms with Crippen LogP contribution >= 0.6 is 39.1 Å². The first kappa shape index (κ1) is 11.6. The van der Waals surface area contributed by atoms with Crippen LogP contribution in [0.1, 0.15) is 5.56 Å². The van der Waals surface area contributed by atoms with Crippen LogP contribution in [0.25, 0.3) is 6.08 Å². The van der Waals surface area contributed by atoms with Gasteiger partial charge in [-0.25, -0.2) is 4.79 Å². The van der Waals surface area contributed by atoms with Crippen LogP contribution in [0.15, 0.2) is 22.7 Å². The molecule has 1 aromatic carbocycles. The van der Waals surface area contributed by atoms with E-state index >= 15 is 0 Å². The van der Waals surface area contributed by atoms with Gasteiger partial charge in [-0.2, -0.15) is 0 Å². The summed E-state index contributed by atoms with van der Waals surface area (Å²) in [6.07, 6.45) is 2.39. The zero-order valence-corrected chi connectivity index (χ0v) is 9.90. The highest BCUT2D eigenvalue weighted by Gasteiger charge is 2.04. The molecule has 0 atom stereocenters. The fourth-order valence-corrected chi connectivity index (χ4v) is 1.86. The van der Waals surface area contributed by atoms with Gasteiger partial charge in [0.2, 0.25) is 0 Å². The molecule has 0 unspecified atom stereocenters. The van der Waals surface area contributed by atoms with Gasteiger partial charge in [-0.1, -0.05) is 23.2 Å². The average Bonchev–Trinajstić information content (AvgIpc) is 2.08. The van der Waals surface area contributed by atoms with Crippen LogP contribution in [0.2, 0.25) is 10.0 Å². The molecule has 0 spiro atoms. The molecule has 0 fully saturated rings. The van der Waals surface area contributed by atoms with Crippen molar-refractivity contribution in [2.45, 2.75) is 0 Å². The maximum atomic E-state index is 10.3. The van der Waals surface area contributed by atoms with Crippen LogP contribution in [-0.2, 0) is 4.79 Å². The van der Waals surface area contributed by atoms with Crippen molar-refractivity contribution in [2.24, 2.45) is 0 Å². The zero-order chi connectivity index (χ0) is 10.7. The number of rotatable bonds is 2. The minimum atomic E-state index is -1.03. The molecule has 74 valence electrons. The van der Waals surface area contributed by atoms with Crippen molar-refractivity contribution < 1.29 is 9.90 Å². The van der Waals surface area contributed by atoms with Gasteiger partial charge in [0.1, 0.15) is 0 Å². The monoisotopic (exact) mass is 294 g/mol. The summed E-state index contributed by atoms with van der Waals surface area (Å²) >= 11 is 14.9. The van der Waals surface area contributed by atoms with Crippen molar-refractivity contribution in [1.82, 2.24) is 0 Å². The van der Waals surface area contributed by atoms with Crippen molar-refractivity contribution in [3.8, 4) is 0 Å². The summed E-state index contributed by atoms with van der Waals surface area (Å²) in [4.78, 5) is 10.3. The van der Waals surface area contributed by atoms with E-state index in [1.165, 1.54) is 6.08 Å². The summed E-state index contributed by atoms with van der Waals surface area (Å²) in [5, 5.41) is 9.36. The van der Waals surface area contributed by atoms with E-state index in [0.29, 0.717) is 20.1 Å². The Balaban J connectivity index is 3.14. The van der Waals surface area contributed by atoms with Gasteiger partial charge in [0.25, 0.3) is 0 Å². The number of carbonyl (C=O) groups is 1. The van der Waals surface area contributed by atoms with Gasteiger partial charge in [0.05, 0.1) is 5.02 Å². The lowest BCUT2D eigenvalue weighted by Gasteiger charge is -2.01. The molecule has 0 saturated heterocycles. The van der Waals surface area contributed by atoms with Crippen LogP contribution in [0.5, 0.6) is 0 Å². The van der Waals surface area contributed by atoms with Crippen LogP contribution in [0.3, 0.4) is 0 Å². The molecule has 0 aliphatic heterocycles. The van der Waals surface area contributed by atoms with Crippen molar-refractivity contribution in [2.75, 3.05) is 0 Å². The van der Waals surface area contributed by atoms with E-state index in [1.807, 2.05) is 0 Å². The number of hydrogen-bond donors (Lipinski definition) is 1. The number of carboxylic acids is 1. The SMILES string of the molecule is O=C(O)/C=C/c1cc(Cl)cc(Br)c1Cl. The largest absolute Gasteiger partial charge is 0.478 e. The Hall–Kier alpha value is -0.510. The van der Waals surface area contributed by atoms with E-state index in [2.05, 4.69) is 15.9 Å². The van der Waals surface area contributed by atoms with Crippen molar-refractivity contribution in [3.63, 3.8) is 0 Å². The highest BCUT2D eigenvalue weighted by atomic mass is 79.9. The number of halogens is 3. The maximum Gasteiger partial charge on any atom is 0.328 e. The first-order chi connectivity index (χ1) is 6.50. The quantitative estimate of drug-likeness (QED) is 0.664. The smallest absolute Gasteiger partial charge is 0.328 e. The van der Waals surface area contributed by atoms with Gasteiger partial charge in [-0.05, 0) is 39.7 Å². The molecule has 1 rings (SSSR count). The highest BCUT2D eigenvalue weighted by Crippen LogP contribution is 2.30. The summed E-state index contributed by atoms with van der Waals surface area (Å²) in [7, 11) is 0. The lowest BCUT2D eigenvalue weighted by Crippen LogP contribution is -1.86. The Morgan fingerprint density at radius 3 is 2.64 bits per heavy atom. The van der Waals surface area contributed by atoms with Gasteiger partial charge in [-0.3, -0.25) is 0 Å². The minimum absolute atomic E-state index is 0.437. The first-order valence-electron chi connectivity index (χ1n) is 3.56. The van der Waals surface area contributed by atoms with Crippen LogP contribution in [0, 0.1) is 0 Å². The standard InChI is InChI=1S/C9H5BrCl2O2/c10-7-4-6(11)3-5(9(7)12)1-2-8(13)14/h1-4H,(H,13,14)/b2-1+. The van der Waals surface area contributed by atoms with Crippen LogP contribution in [-0.4, -0.2) is 11.1 Å². The Morgan fingerprint density at radius 2 is 2.07 bits per heavy atom. The lowest BCUT2D eigenvalue weighted by molar-refractivity contribution is -0.131. The van der Waals surface area contributed by atoms with Gasteiger partial charge in [0, 0.05) is 15.6 Å². The fourth-order valence-electron chi connectivity index (χ4n) is 0.858. The second-order valence-electron chi connectivity index (χ2n) is 2.46. The number of carboxylic acid groups (broad SMARTS) is 1. The molecular formula is C9H5BrCl2O2. The molecule has 0 bridgehead atoms. The summed E-state index contributed by atoms with van der Waals surface area (Å²) < 4.78 is 0.636. The van der Waals surface area contributed by atoms with E-state index in [9.17, 15) is 4.79 Å². The van der Waals surface area contributed by atoms with E-state index in [-0.39, 0.29) is 0 Å². The Morgan fingerprint density at radius 1 is 1.43 bits per heavy atom. The van der Waals surface area contributed by atoms with Crippen molar-refractivity contribution in [3.05, 3.63) is 38.3 Å². The molecule has 0 aliphatic carbocycles. The zero-order valence-electron chi connectivity index (χ0n) is 6.80. The Kier molecular flexibility index (Phi) is 3.98. The molecule has 0 aromatic heterocycles. The third kappa shape index (κ3) is 3.01. The molecule has 1 N–H and O–H groups in total. The highest BCUT2D eigenvalue weighted by molar-refractivity contribution is 9.10. The molecule has 0 aliphatic rings. The molecule has 1 aromatic rings. The summed E-state index contributed by atoms with van der Waals surface area (Å²) in [6.45, 7) is 0. The maximum absolute atomic E-state index is 10.3. The molecule has 5 heteroatoms. The normalized spacial score (nSPS) is 10.8. The summed E-state index contributed by atoms with van der Waals surface area (Å²) in [5.74, 6) is -1.03. The molecule has 2 nitrogen and oxygen atoms in total. The predicted molar refractivity (Wildman–Crippen MR) is 60.8 cm³/mol. The van der Waals surface area contributed by atoms with Crippen LogP contribution < -0.4 is 0 Å². The number of aliphatic carboxylic acids is 1. The van der Waals surface area contributed by atoms with Crippen molar-refractivity contribution >= 4 is 51.2 Å². The second kappa shape index (κ2) is 4.82. The van der Waals surface area contributed by atoms with Crippen LogP contribution in [0.4, 0.5) is 0 Å². The van der Waals surface area contributed by atoms with Gasteiger partial charge in [0.15, 0.2) is 0 Å². The van der Waals surface area contributed by atoms with E-state index in [0.717, 1.165) is 6.08 Å². The average molecular weight is 296 g/mol. The molecule has 0 saturated carbocycles. The Bertz CT molecular complexity index is 402. The summed E-state index contributed by atoms with van der Waals surface area (Å²) in [6, 6.07) is 3.23. The van der Waals surface area contributed by atoms with Crippen molar-refractivity contribution in [1.29, 1.82) is 0 Å². The summed E-state index contributed by atoms with van der Waals surface area (Å²) in [5.41, 5.74) is 0.563. The molecular weight excluding hydrogens is 291 g/mol. The topological polar surface area (TPSA) is 37.3 Å². The molecule has 0 amide bonds. The number of hydrogen-bond acceptors (Lipinski definition) is 1. The lowest BCUT2D eigenvalue weighted by atomic mass is 10.2. The fraction of sp³-hybridized carbons (Fsp3) is 0. The van der Waals surface area contributed by atoms with Gasteiger partial charge in [-0.15, -0.1) is 0 Å². The van der Waals surface area contributed by atoms with E-state index < -0.39 is 5.97 Å². The van der Waals surface area contributed by atoms with Gasteiger partial charge < -0.3 is 5.11 Å². The number of benzene rings is 1. The third-order valence-electron chi connectivity index (χ3n) is 1.43. The third-order valence-corrected chi connectivity index (χ3v) is 2.92. The molecule has 0 heterocycles. The molecule has 0 radical (unpaired) electrons. The van der Waals surface area contributed by atoms with Gasteiger partial charge >= 0.3 is 5.97 Å². The second-order valence-corrected chi connectivity index (χ2v) is 4.13. The molecule has 14 heavy (non-hydrogen) atoms. The van der Waals surface area contributed by atoms with E-state index in [1.54, 1.807) is 12.1 Å². The first-order valence-corrected chi connectivity index (χ1v) is 5.11. The predicted octanol–water partition coefficient (Wildman–Crippen LogP) is 3.85.